The van der Waals surface area contributed by atoms with E-state index in [0.29, 0.717) is 19.4 Å². The van der Waals surface area contributed by atoms with Gasteiger partial charge in [-0.2, -0.15) is 0 Å². The second kappa shape index (κ2) is 11.3. The number of cyclic esters (lactones) is 1. The van der Waals surface area contributed by atoms with E-state index >= 15 is 0 Å². The number of fused-ring (bicyclic) bond motifs is 2. The lowest BCUT2D eigenvalue weighted by Crippen LogP contribution is -2.46. The van der Waals surface area contributed by atoms with Gasteiger partial charge in [0.2, 0.25) is 0 Å². The number of carbonyl (C=O) groups excluding carboxylic acids is 2. The third-order valence-corrected chi connectivity index (χ3v) is 9.73. The highest BCUT2D eigenvalue weighted by Gasteiger charge is 2.53. The fourth-order valence-corrected chi connectivity index (χ4v) is 6.55. The van der Waals surface area contributed by atoms with Gasteiger partial charge in [0, 0.05) is 18.9 Å². The van der Waals surface area contributed by atoms with E-state index in [9.17, 15) is 19.8 Å². The van der Waals surface area contributed by atoms with Gasteiger partial charge in [-0.05, 0) is 49.8 Å². The van der Waals surface area contributed by atoms with E-state index < -0.39 is 35.6 Å². The van der Waals surface area contributed by atoms with Gasteiger partial charge in [-0.1, -0.05) is 40.2 Å². The summed E-state index contributed by atoms with van der Waals surface area (Å²) >= 11 is 1.54. The van der Waals surface area contributed by atoms with Crippen LogP contribution in [0.15, 0.2) is 18.2 Å². The number of Topliss-reactive ketones (excluding diaryl/α,β-unsaturated/α-hetero) is 1. The van der Waals surface area contributed by atoms with E-state index in [1.165, 1.54) is 11.3 Å². The molecule has 2 aliphatic rings. The van der Waals surface area contributed by atoms with Gasteiger partial charge in [0.05, 0.1) is 46.0 Å². The summed E-state index contributed by atoms with van der Waals surface area (Å²) < 4.78 is 13.1. The normalized spacial score (nSPS) is 35.1. The Hall–Kier alpha value is -1.91. The number of hydrogen-bond donors (Lipinski definition) is 3. The van der Waals surface area contributed by atoms with Crippen LogP contribution in [0.25, 0.3) is 10.2 Å². The highest BCUT2D eigenvalue weighted by molar-refractivity contribution is 7.18. The first-order chi connectivity index (χ1) is 17.9. The number of nitrogens with two attached hydrogens (primary N) is 1. The molecule has 0 bridgehead atoms. The number of thiazole rings is 1. The zero-order valence-electron chi connectivity index (χ0n) is 23.1. The van der Waals surface area contributed by atoms with Crippen molar-refractivity contribution in [3.8, 4) is 0 Å². The van der Waals surface area contributed by atoms with E-state index in [4.69, 9.17) is 15.2 Å². The molecule has 210 valence electrons. The van der Waals surface area contributed by atoms with Crippen molar-refractivity contribution in [3.63, 3.8) is 0 Å². The van der Waals surface area contributed by atoms with Crippen LogP contribution < -0.4 is 5.73 Å². The summed E-state index contributed by atoms with van der Waals surface area (Å²) in [7, 11) is 0. The lowest BCUT2D eigenvalue weighted by Gasteiger charge is -2.35. The first-order valence-corrected chi connectivity index (χ1v) is 14.6. The highest BCUT2D eigenvalue weighted by atomic mass is 32.1. The van der Waals surface area contributed by atoms with Crippen molar-refractivity contribution in [1.82, 2.24) is 4.98 Å². The molecule has 2 saturated heterocycles. The highest BCUT2D eigenvalue weighted by Crippen LogP contribution is 2.47. The van der Waals surface area contributed by atoms with Gasteiger partial charge >= 0.3 is 5.97 Å². The Morgan fingerprint density at radius 1 is 1.21 bits per heavy atom. The average molecular weight is 547 g/mol. The fraction of sp³-hybridized carbons (Fsp3) is 0.690. The van der Waals surface area contributed by atoms with Gasteiger partial charge in [0.15, 0.2) is 0 Å². The van der Waals surface area contributed by atoms with E-state index in [0.717, 1.165) is 40.1 Å². The van der Waals surface area contributed by atoms with Crippen LogP contribution in [0.4, 0.5) is 0 Å². The molecule has 38 heavy (non-hydrogen) atoms. The standard InChI is InChI=1S/C29H42N2O6S/c1-6-18-26(34)16(2)8-7-11-29(5)23(37-29)13-20(36-25(33)14-22(32)28(3,4)27(18)35)17-9-10-21-19(12-17)31-24(15-30)38-21/h9-10,12,16,18,20,22-23,26,32,34H,6-8,11,13-15,30H2,1-5H3/t16-,18+,20-,22-,23-,26?,29+/m0/s1. The Morgan fingerprint density at radius 2 is 1.95 bits per heavy atom. The molecular formula is C29H42N2O6S. The molecule has 9 heteroatoms. The predicted octanol–water partition coefficient (Wildman–Crippen LogP) is 4.44. The van der Waals surface area contributed by atoms with Gasteiger partial charge < -0.3 is 25.4 Å². The number of ketones is 1. The summed E-state index contributed by atoms with van der Waals surface area (Å²) in [5.74, 6) is -1.51. The Kier molecular flexibility index (Phi) is 8.64. The number of epoxide rings is 1. The molecule has 2 fully saturated rings. The first kappa shape index (κ1) is 29.1. The van der Waals surface area contributed by atoms with Gasteiger partial charge in [0.1, 0.15) is 16.9 Å². The van der Waals surface area contributed by atoms with Gasteiger partial charge in [0.25, 0.3) is 0 Å². The molecule has 0 spiro atoms. The minimum Gasteiger partial charge on any atom is -0.457 e. The minimum atomic E-state index is -1.25. The number of aromatic nitrogens is 1. The minimum absolute atomic E-state index is 0.0773. The lowest BCUT2D eigenvalue weighted by atomic mass is 9.71. The second-order valence-electron chi connectivity index (χ2n) is 11.9. The van der Waals surface area contributed by atoms with Crippen LogP contribution in [0, 0.1) is 17.3 Å². The van der Waals surface area contributed by atoms with E-state index in [2.05, 4.69) is 11.9 Å². The third kappa shape index (κ3) is 5.97. The van der Waals surface area contributed by atoms with Gasteiger partial charge in [-0.15, -0.1) is 11.3 Å². The number of rotatable bonds is 3. The van der Waals surface area contributed by atoms with Crippen molar-refractivity contribution in [2.24, 2.45) is 23.0 Å². The fourth-order valence-electron chi connectivity index (χ4n) is 5.72. The summed E-state index contributed by atoms with van der Waals surface area (Å²) in [6, 6.07) is 5.84. The lowest BCUT2D eigenvalue weighted by molar-refractivity contribution is -0.156. The van der Waals surface area contributed by atoms with Crippen molar-refractivity contribution in [2.45, 2.75) is 110 Å². The monoisotopic (exact) mass is 546 g/mol. The van der Waals surface area contributed by atoms with Crippen molar-refractivity contribution >= 4 is 33.3 Å². The smallest absolute Gasteiger partial charge is 0.309 e. The maximum absolute atomic E-state index is 13.5. The van der Waals surface area contributed by atoms with Crippen LogP contribution in [-0.2, 0) is 25.6 Å². The van der Waals surface area contributed by atoms with Crippen LogP contribution >= 0.6 is 11.3 Å². The van der Waals surface area contributed by atoms with Crippen LogP contribution in [0.1, 0.15) is 89.8 Å². The molecule has 0 saturated carbocycles. The van der Waals surface area contributed by atoms with Gasteiger partial charge in [-0.3, -0.25) is 9.59 Å². The quantitative estimate of drug-likeness (QED) is 0.380. The van der Waals surface area contributed by atoms with Gasteiger partial charge in [-0.25, -0.2) is 4.98 Å². The van der Waals surface area contributed by atoms with Crippen molar-refractivity contribution in [2.75, 3.05) is 0 Å². The maximum atomic E-state index is 13.5. The number of aliphatic hydroxyl groups is 2. The second-order valence-corrected chi connectivity index (χ2v) is 13.0. The third-order valence-electron chi connectivity index (χ3n) is 8.67. The Bertz CT molecular complexity index is 1170. The number of esters is 1. The summed E-state index contributed by atoms with van der Waals surface area (Å²) in [6.45, 7) is 9.56. The summed E-state index contributed by atoms with van der Waals surface area (Å²) in [6.07, 6.45) is 0.329. The zero-order chi connectivity index (χ0) is 27.8. The molecule has 4 rings (SSSR count). The number of hydrogen-bond acceptors (Lipinski definition) is 9. The molecule has 3 heterocycles. The summed E-state index contributed by atoms with van der Waals surface area (Å²) in [5.41, 5.74) is 5.84. The Balaban J connectivity index is 1.62. The molecule has 1 aromatic heterocycles. The summed E-state index contributed by atoms with van der Waals surface area (Å²) in [5, 5.41) is 22.9. The van der Waals surface area contributed by atoms with Crippen molar-refractivity contribution in [3.05, 3.63) is 28.8 Å². The SMILES string of the molecule is CC[C@H]1C(=O)C(C)(C)[C@@H](O)CC(=O)O[C@H](c2ccc3sc(CN)nc3c2)C[C@@H]2O[C@]2(C)CCC[C@H](C)C1O. The average Bonchev–Trinajstić information content (AvgIpc) is 3.31. The molecule has 2 aromatic rings. The summed E-state index contributed by atoms with van der Waals surface area (Å²) in [4.78, 5) is 31.2. The first-order valence-electron chi connectivity index (χ1n) is 13.8. The van der Waals surface area contributed by atoms with Crippen LogP contribution in [-0.4, -0.2) is 50.9 Å². The van der Waals surface area contributed by atoms with E-state index in [1.807, 2.05) is 32.0 Å². The van der Waals surface area contributed by atoms with Crippen LogP contribution in [0.5, 0.6) is 0 Å². The molecule has 0 aliphatic carbocycles. The molecular weight excluding hydrogens is 504 g/mol. The molecule has 7 atom stereocenters. The number of aliphatic hydroxyl groups excluding tert-OH is 2. The van der Waals surface area contributed by atoms with Crippen LogP contribution in [0.3, 0.4) is 0 Å². The van der Waals surface area contributed by atoms with E-state index in [-0.39, 0.29) is 29.8 Å². The molecule has 1 unspecified atom stereocenters. The molecule has 4 N–H and O–H groups in total. The molecule has 8 nitrogen and oxygen atoms in total. The Labute approximate surface area is 228 Å². The van der Waals surface area contributed by atoms with Crippen molar-refractivity contribution < 1.29 is 29.3 Å². The predicted molar refractivity (Wildman–Crippen MR) is 146 cm³/mol. The Morgan fingerprint density at radius 3 is 2.63 bits per heavy atom. The number of carbonyl (C=O) groups is 2. The van der Waals surface area contributed by atoms with Crippen molar-refractivity contribution in [1.29, 1.82) is 0 Å². The number of nitrogens with zero attached hydrogens (tertiary/aromatic N) is 1. The molecule has 0 radical (unpaired) electrons. The topological polar surface area (TPSA) is 135 Å². The largest absolute Gasteiger partial charge is 0.457 e. The molecule has 2 aliphatic heterocycles. The zero-order valence-corrected chi connectivity index (χ0v) is 23.9. The molecule has 1 aromatic carbocycles. The molecule has 0 amide bonds. The number of benzene rings is 1. The number of ether oxygens (including phenoxy) is 2. The van der Waals surface area contributed by atoms with E-state index in [1.54, 1.807) is 13.8 Å². The maximum Gasteiger partial charge on any atom is 0.309 e. The van der Waals surface area contributed by atoms with Crippen LogP contribution in [0.2, 0.25) is 0 Å².